The first kappa shape index (κ1) is 30.5. The molecule has 0 aromatic carbocycles. The molecule has 186 valence electrons. The first-order chi connectivity index (χ1) is 15.2. The molecule has 0 aromatic heterocycles. The highest BCUT2D eigenvalue weighted by molar-refractivity contribution is 5.71. The molecular formula is C29H58O2. The summed E-state index contributed by atoms with van der Waals surface area (Å²) in [7, 11) is 0. The summed E-state index contributed by atoms with van der Waals surface area (Å²) in [6.07, 6.45) is 27.3. The Morgan fingerprint density at radius 1 is 0.548 bits per heavy atom. The van der Waals surface area contributed by atoms with Crippen LogP contribution < -0.4 is 0 Å². The van der Waals surface area contributed by atoms with E-state index < -0.39 is 0 Å². The zero-order valence-electron chi connectivity index (χ0n) is 22.0. The van der Waals surface area contributed by atoms with Crippen molar-refractivity contribution in [2.75, 3.05) is 6.61 Å². The molecule has 0 saturated carbocycles. The van der Waals surface area contributed by atoms with E-state index in [0.717, 1.165) is 6.42 Å². The van der Waals surface area contributed by atoms with Gasteiger partial charge in [-0.1, -0.05) is 143 Å². The smallest absolute Gasteiger partial charge is 0.308 e. The number of carbonyl (C=O) groups excluding carboxylic acids is 1. The first-order valence-corrected chi connectivity index (χ1v) is 14.3. The van der Waals surface area contributed by atoms with Gasteiger partial charge in [-0.3, -0.25) is 4.79 Å². The molecule has 2 nitrogen and oxygen atoms in total. The van der Waals surface area contributed by atoms with E-state index in [2.05, 4.69) is 27.7 Å². The lowest BCUT2D eigenvalue weighted by Crippen LogP contribution is -2.20. The molecule has 0 aromatic rings. The molecule has 31 heavy (non-hydrogen) atoms. The topological polar surface area (TPSA) is 26.3 Å². The molecule has 0 aliphatic heterocycles. The van der Waals surface area contributed by atoms with Crippen LogP contribution in [0.15, 0.2) is 0 Å². The third-order valence-electron chi connectivity index (χ3n) is 6.79. The normalized spacial score (nSPS) is 13.3. The fourth-order valence-electron chi connectivity index (χ4n) is 4.43. The Kier molecular flexibility index (Phi) is 23.7. The zero-order chi connectivity index (χ0) is 23.0. The van der Waals surface area contributed by atoms with Crippen molar-refractivity contribution < 1.29 is 9.53 Å². The molecule has 0 fully saturated rings. The van der Waals surface area contributed by atoms with Gasteiger partial charge in [0.2, 0.25) is 0 Å². The van der Waals surface area contributed by atoms with E-state index in [4.69, 9.17) is 4.74 Å². The predicted octanol–water partition coefficient (Wildman–Crippen LogP) is 10.0. The number of esters is 1. The molecule has 2 atom stereocenters. The fourth-order valence-corrected chi connectivity index (χ4v) is 4.43. The maximum absolute atomic E-state index is 12.5. The maximum atomic E-state index is 12.5. The van der Waals surface area contributed by atoms with Crippen LogP contribution in [0.3, 0.4) is 0 Å². The molecule has 0 saturated heterocycles. The van der Waals surface area contributed by atoms with Crippen molar-refractivity contribution in [2.24, 2.45) is 11.8 Å². The molecule has 0 aliphatic carbocycles. The molecule has 0 bridgehead atoms. The van der Waals surface area contributed by atoms with Gasteiger partial charge in [0, 0.05) is 0 Å². The average molecular weight is 439 g/mol. The van der Waals surface area contributed by atoms with Gasteiger partial charge in [-0.25, -0.2) is 0 Å². The summed E-state index contributed by atoms with van der Waals surface area (Å²) in [6.45, 7) is 9.52. The Hall–Kier alpha value is -0.530. The van der Waals surface area contributed by atoms with E-state index in [-0.39, 0.29) is 11.9 Å². The number of hydrogen-bond donors (Lipinski definition) is 0. The van der Waals surface area contributed by atoms with Crippen molar-refractivity contribution in [1.82, 2.24) is 0 Å². The molecule has 0 radical (unpaired) electrons. The average Bonchev–Trinajstić information content (AvgIpc) is 2.78. The lowest BCUT2D eigenvalue weighted by Gasteiger charge is -2.19. The van der Waals surface area contributed by atoms with Crippen molar-refractivity contribution in [3.63, 3.8) is 0 Å². The maximum Gasteiger partial charge on any atom is 0.308 e. The first-order valence-electron chi connectivity index (χ1n) is 14.3. The van der Waals surface area contributed by atoms with Gasteiger partial charge in [-0.05, 0) is 25.2 Å². The highest BCUT2D eigenvalue weighted by atomic mass is 16.5. The second-order valence-electron chi connectivity index (χ2n) is 10.1. The molecule has 0 spiro atoms. The highest BCUT2D eigenvalue weighted by Gasteiger charge is 2.17. The second-order valence-corrected chi connectivity index (χ2v) is 10.1. The summed E-state index contributed by atoms with van der Waals surface area (Å²) in [5.41, 5.74) is 0. The van der Waals surface area contributed by atoms with Crippen LogP contribution in [0.25, 0.3) is 0 Å². The summed E-state index contributed by atoms with van der Waals surface area (Å²) >= 11 is 0. The fraction of sp³-hybridized carbons (Fsp3) is 0.966. The SMILES string of the molecule is CCCCCCCCCC(CCCCCC)COC(=O)C(C)CCCCCCCCC. The third-order valence-corrected chi connectivity index (χ3v) is 6.79. The van der Waals surface area contributed by atoms with Crippen molar-refractivity contribution in [3.8, 4) is 0 Å². The third kappa shape index (κ3) is 21.1. The summed E-state index contributed by atoms with van der Waals surface area (Å²) in [5.74, 6) is 0.682. The highest BCUT2D eigenvalue weighted by Crippen LogP contribution is 2.21. The number of rotatable bonds is 24. The molecule has 0 N–H and O–H groups in total. The van der Waals surface area contributed by atoms with Crippen molar-refractivity contribution in [1.29, 1.82) is 0 Å². The lowest BCUT2D eigenvalue weighted by atomic mass is 9.95. The minimum Gasteiger partial charge on any atom is -0.465 e. The summed E-state index contributed by atoms with van der Waals surface area (Å²) in [4.78, 5) is 12.5. The predicted molar refractivity (Wildman–Crippen MR) is 138 cm³/mol. The molecular weight excluding hydrogens is 380 g/mol. The van der Waals surface area contributed by atoms with E-state index in [9.17, 15) is 4.79 Å². The molecule has 0 amide bonds. The van der Waals surface area contributed by atoms with E-state index in [1.807, 2.05) is 0 Å². The van der Waals surface area contributed by atoms with E-state index in [1.54, 1.807) is 0 Å². The monoisotopic (exact) mass is 438 g/mol. The van der Waals surface area contributed by atoms with Crippen LogP contribution in [0.1, 0.15) is 163 Å². The molecule has 2 heteroatoms. The van der Waals surface area contributed by atoms with Crippen LogP contribution in [0, 0.1) is 11.8 Å². The summed E-state index contributed by atoms with van der Waals surface area (Å²) < 4.78 is 5.80. The van der Waals surface area contributed by atoms with Gasteiger partial charge < -0.3 is 4.74 Å². The molecule has 2 unspecified atom stereocenters. The van der Waals surface area contributed by atoms with Crippen LogP contribution >= 0.6 is 0 Å². The Balaban J connectivity index is 4.04. The number of carbonyl (C=O) groups is 1. The Morgan fingerprint density at radius 3 is 1.35 bits per heavy atom. The van der Waals surface area contributed by atoms with Crippen molar-refractivity contribution >= 4 is 5.97 Å². The Morgan fingerprint density at radius 2 is 0.903 bits per heavy atom. The van der Waals surface area contributed by atoms with E-state index >= 15 is 0 Å². The number of unbranched alkanes of at least 4 members (excludes halogenated alkanes) is 15. The number of hydrogen-bond acceptors (Lipinski definition) is 2. The zero-order valence-corrected chi connectivity index (χ0v) is 22.0. The van der Waals surface area contributed by atoms with Gasteiger partial charge in [0.15, 0.2) is 0 Å². The number of ether oxygens (including phenoxy) is 1. The van der Waals surface area contributed by atoms with Crippen molar-refractivity contribution in [3.05, 3.63) is 0 Å². The van der Waals surface area contributed by atoms with Gasteiger partial charge >= 0.3 is 5.97 Å². The van der Waals surface area contributed by atoms with Crippen LogP contribution in [-0.2, 0) is 9.53 Å². The van der Waals surface area contributed by atoms with E-state index in [0.29, 0.717) is 12.5 Å². The van der Waals surface area contributed by atoms with Gasteiger partial charge in [0.05, 0.1) is 12.5 Å². The Bertz CT molecular complexity index is 366. The standard InChI is InChI=1S/C29H58O2/c1-5-8-11-14-16-18-20-23-27(4)29(30)31-26-28(24-21-13-10-7-3)25-22-19-17-15-12-9-6-2/h27-28H,5-26H2,1-4H3. The van der Waals surface area contributed by atoms with Crippen LogP contribution in [-0.4, -0.2) is 12.6 Å². The molecule has 0 aliphatic rings. The minimum atomic E-state index is 0.0455. The van der Waals surface area contributed by atoms with Gasteiger partial charge in [-0.15, -0.1) is 0 Å². The largest absolute Gasteiger partial charge is 0.465 e. The lowest BCUT2D eigenvalue weighted by molar-refractivity contribution is -0.149. The molecule has 0 heterocycles. The van der Waals surface area contributed by atoms with Crippen LogP contribution in [0.4, 0.5) is 0 Å². The van der Waals surface area contributed by atoms with Gasteiger partial charge in [-0.2, -0.15) is 0 Å². The van der Waals surface area contributed by atoms with E-state index in [1.165, 1.54) is 128 Å². The second kappa shape index (κ2) is 24.1. The quantitative estimate of drug-likeness (QED) is 0.111. The summed E-state index contributed by atoms with van der Waals surface area (Å²) in [5, 5.41) is 0. The van der Waals surface area contributed by atoms with Gasteiger partial charge in [0.25, 0.3) is 0 Å². The van der Waals surface area contributed by atoms with Gasteiger partial charge in [0.1, 0.15) is 0 Å². The molecule has 0 rings (SSSR count). The van der Waals surface area contributed by atoms with Crippen molar-refractivity contribution in [2.45, 2.75) is 163 Å². The minimum absolute atomic E-state index is 0.0455. The summed E-state index contributed by atoms with van der Waals surface area (Å²) in [6, 6.07) is 0. The Labute approximate surface area is 196 Å². The van der Waals surface area contributed by atoms with Crippen LogP contribution in [0.2, 0.25) is 0 Å². The van der Waals surface area contributed by atoms with Crippen LogP contribution in [0.5, 0.6) is 0 Å².